The van der Waals surface area contributed by atoms with E-state index in [0.717, 1.165) is 0 Å². The quantitative estimate of drug-likeness (QED) is 0.758. The highest BCUT2D eigenvalue weighted by atomic mass is 35.5. The van der Waals surface area contributed by atoms with E-state index in [2.05, 4.69) is 0 Å². The molecule has 0 aliphatic carbocycles. The second-order valence-corrected chi connectivity index (χ2v) is 3.76. The first-order valence-electron chi connectivity index (χ1n) is 5.18. The summed E-state index contributed by atoms with van der Waals surface area (Å²) < 4.78 is 0. The van der Waals surface area contributed by atoms with Crippen molar-refractivity contribution in [2.75, 3.05) is 13.1 Å². The van der Waals surface area contributed by atoms with E-state index >= 15 is 0 Å². The number of hydrogen-bond donors (Lipinski definition) is 0. The fraction of sp³-hybridized carbons (Fsp3) is 0.333. The Morgan fingerprint density at radius 1 is 1.38 bits per heavy atom. The minimum atomic E-state index is -0.158. The van der Waals surface area contributed by atoms with Crippen LogP contribution in [-0.2, 0) is 0 Å². The predicted molar refractivity (Wildman–Crippen MR) is 64.1 cm³/mol. The summed E-state index contributed by atoms with van der Waals surface area (Å²) in [6, 6.07) is 4.70. The van der Waals surface area contributed by atoms with Gasteiger partial charge in [-0.05, 0) is 32.0 Å². The molecule has 0 bridgehead atoms. The van der Waals surface area contributed by atoms with Crippen LogP contribution < -0.4 is 0 Å². The first-order valence-corrected chi connectivity index (χ1v) is 5.55. The molecule has 0 spiro atoms. The molecule has 0 aromatic heterocycles. The average molecular weight is 240 g/mol. The van der Waals surface area contributed by atoms with E-state index in [1.54, 1.807) is 17.0 Å². The molecule has 1 amide bonds. The molecule has 1 aromatic rings. The van der Waals surface area contributed by atoms with Gasteiger partial charge in [0.25, 0.3) is 5.91 Å². The van der Waals surface area contributed by atoms with Crippen LogP contribution in [0.4, 0.5) is 0 Å². The van der Waals surface area contributed by atoms with Crippen LogP contribution in [0.1, 0.15) is 34.6 Å². The van der Waals surface area contributed by atoms with Gasteiger partial charge >= 0.3 is 0 Å². The molecule has 0 N–H and O–H groups in total. The van der Waals surface area contributed by atoms with E-state index < -0.39 is 0 Å². The maximum Gasteiger partial charge on any atom is 0.254 e. The number of amides is 1. The van der Waals surface area contributed by atoms with Gasteiger partial charge in [0.2, 0.25) is 0 Å². The fourth-order valence-corrected chi connectivity index (χ4v) is 1.67. The number of rotatable bonds is 4. The van der Waals surface area contributed by atoms with Crippen LogP contribution in [0.5, 0.6) is 0 Å². The summed E-state index contributed by atoms with van der Waals surface area (Å²) in [5, 5.41) is 0.459. The highest BCUT2D eigenvalue weighted by Gasteiger charge is 2.16. The summed E-state index contributed by atoms with van der Waals surface area (Å²) in [4.78, 5) is 24.5. The molecule has 0 saturated heterocycles. The molecule has 0 heterocycles. The summed E-state index contributed by atoms with van der Waals surface area (Å²) >= 11 is 5.82. The van der Waals surface area contributed by atoms with Crippen LogP contribution in [0.3, 0.4) is 0 Å². The average Bonchev–Trinajstić information content (AvgIpc) is 2.30. The second-order valence-electron chi connectivity index (χ2n) is 3.33. The molecule has 4 heteroatoms. The maximum atomic E-state index is 12.0. The zero-order valence-corrected chi connectivity index (χ0v) is 10.1. The van der Waals surface area contributed by atoms with Crippen LogP contribution in [0.25, 0.3) is 0 Å². The lowest BCUT2D eigenvalue weighted by Gasteiger charge is -2.19. The summed E-state index contributed by atoms with van der Waals surface area (Å²) in [6.07, 6.45) is 0.674. The van der Waals surface area contributed by atoms with Crippen molar-refractivity contribution < 1.29 is 9.59 Å². The van der Waals surface area contributed by atoms with Crippen LogP contribution in [0, 0.1) is 0 Å². The Morgan fingerprint density at radius 3 is 2.50 bits per heavy atom. The van der Waals surface area contributed by atoms with Gasteiger partial charge in [-0.25, -0.2) is 0 Å². The highest BCUT2D eigenvalue weighted by molar-refractivity contribution is 6.31. The topological polar surface area (TPSA) is 37.4 Å². The Morgan fingerprint density at radius 2 is 2.00 bits per heavy atom. The normalized spacial score (nSPS) is 9.94. The van der Waals surface area contributed by atoms with Gasteiger partial charge in [0.05, 0.1) is 5.56 Å². The Bertz CT molecular complexity index is 400. The second kappa shape index (κ2) is 5.66. The summed E-state index contributed by atoms with van der Waals surface area (Å²) in [5.41, 5.74) is 0.743. The van der Waals surface area contributed by atoms with E-state index in [-0.39, 0.29) is 5.91 Å². The zero-order valence-electron chi connectivity index (χ0n) is 9.37. The van der Waals surface area contributed by atoms with E-state index in [1.165, 1.54) is 6.07 Å². The number of benzene rings is 1. The SMILES string of the molecule is CCN(CC)C(=O)c1cc(Cl)ccc1C=O. The Labute approximate surface area is 100 Å². The third kappa shape index (κ3) is 2.61. The van der Waals surface area contributed by atoms with Crippen LogP contribution >= 0.6 is 11.6 Å². The molecule has 0 aliphatic rings. The largest absolute Gasteiger partial charge is 0.339 e. The molecule has 0 saturated carbocycles. The van der Waals surface area contributed by atoms with Crippen molar-refractivity contribution in [1.29, 1.82) is 0 Å². The van der Waals surface area contributed by atoms with Crippen molar-refractivity contribution in [2.45, 2.75) is 13.8 Å². The van der Waals surface area contributed by atoms with Crippen molar-refractivity contribution >= 4 is 23.8 Å². The summed E-state index contributed by atoms with van der Waals surface area (Å²) in [7, 11) is 0. The number of hydrogen-bond acceptors (Lipinski definition) is 2. The summed E-state index contributed by atoms with van der Waals surface area (Å²) in [5.74, 6) is -0.158. The number of aldehydes is 1. The van der Waals surface area contributed by atoms with Crippen LogP contribution in [0.15, 0.2) is 18.2 Å². The molecular formula is C12H14ClNO2. The molecule has 0 radical (unpaired) electrons. The molecule has 3 nitrogen and oxygen atoms in total. The van der Waals surface area contributed by atoms with Gasteiger partial charge in [-0.15, -0.1) is 0 Å². The number of halogens is 1. The molecule has 86 valence electrons. The minimum Gasteiger partial charge on any atom is -0.339 e. The summed E-state index contributed by atoms with van der Waals surface area (Å²) in [6.45, 7) is 5.01. The van der Waals surface area contributed by atoms with E-state index in [0.29, 0.717) is 35.5 Å². The van der Waals surface area contributed by atoms with Gasteiger partial charge in [-0.3, -0.25) is 9.59 Å². The Hall–Kier alpha value is -1.35. The van der Waals surface area contributed by atoms with Crippen molar-refractivity contribution in [3.05, 3.63) is 34.3 Å². The Balaban J connectivity index is 3.15. The van der Waals surface area contributed by atoms with Crippen molar-refractivity contribution in [3.63, 3.8) is 0 Å². The standard InChI is InChI=1S/C12H14ClNO2/c1-3-14(4-2)12(16)11-7-10(13)6-5-9(11)8-15/h5-8H,3-4H2,1-2H3. The molecular weight excluding hydrogens is 226 g/mol. The Kier molecular flexibility index (Phi) is 4.50. The lowest BCUT2D eigenvalue weighted by molar-refractivity contribution is 0.0770. The van der Waals surface area contributed by atoms with Gasteiger partial charge in [0, 0.05) is 23.7 Å². The van der Waals surface area contributed by atoms with Gasteiger partial charge in [0.1, 0.15) is 0 Å². The van der Waals surface area contributed by atoms with Gasteiger partial charge in [0.15, 0.2) is 6.29 Å². The maximum absolute atomic E-state index is 12.0. The first kappa shape index (κ1) is 12.7. The van der Waals surface area contributed by atoms with Gasteiger partial charge in [-0.2, -0.15) is 0 Å². The number of carbonyl (C=O) groups is 2. The van der Waals surface area contributed by atoms with Crippen molar-refractivity contribution in [2.24, 2.45) is 0 Å². The van der Waals surface area contributed by atoms with Gasteiger partial charge in [-0.1, -0.05) is 11.6 Å². The third-order valence-corrected chi connectivity index (χ3v) is 2.66. The molecule has 0 aliphatic heterocycles. The van der Waals surface area contributed by atoms with Gasteiger partial charge < -0.3 is 4.90 Å². The molecule has 0 atom stereocenters. The molecule has 16 heavy (non-hydrogen) atoms. The third-order valence-electron chi connectivity index (χ3n) is 2.42. The fourth-order valence-electron chi connectivity index (χ4n) is 1.50. The van der Waals surface area contributed by atoms with E-state index in [4.69, 9.17) is 11.6 Å². The predicted octanol–water partition coefficient (Wildman–Crippen LogP) is 2.63. The molecule has 0 unspecified atom stereocenters. The van der Waals surface area contributed by atoms with Crippen LogP contribution in [0.2, 0.25) is 5.02 Å². The number of carbonyl (C=O) groups excluding carboxylic acids is 2. The molecule has 1 aromatic carbocycles. The lowest BCUT2D eigenvalue weighted by atomic mass is 10.1. The first-order chi connectivity index (χ1) is 7.63. The van der Waals surface area contributed by atoms with Crippen LogP contribution in [-0.4, -0.2) is 30.2 Å². The van der Waals surface area contributed by atoms with E-state index in [1.807, 2.05) is 13.8 Å². The van der Waals surface area contributed by atoms with E-state index in [9.17, 15) is 9.59 Å². The number of nitrogens with zero attached hydrogens (tertiary/aromatic N) is 1. The van der Waals surface area contributed by atoms with Crippen molar-refractivity contribution in [3.8, 4) is 0 Å². The minimum absolute atomic E-state index is 0.158. The monoisotopic (exact) mass is 239 g/mol. The molecule has 0 fully saturated rings. The lowest BCUT2D eigenvalue weighted by Crippen LogP contribution is -2.31. The smallest absolute Gasteiger partial charge is 0.254 e. The zero-order chi connectivity index (χ0) is 12.1. The molecule has 1 rings (SSSR count). The highest BCUT2D eigenvalue weighted by Crippen LogP contribution is 2.16. The van der Waals surface area contributed by atoms with Crippen molar-refractivity contribution in [1.82, 2.24) is 4.90 Å².